The third-order valence-electron chi connectivity index (χ3n) is 5.14. The Bertz CT molecular complexity index is 948. The van der Waals surface area contributed by atoms with Crippen molar-refractivity contribution in [2.75, 3.05) is 13.1 Å². The van der Waals surface area contributed by atoms with E-state index < -0.39 is 0 Å². The van der Waals surface area contributed by atoms with Gasteiger partial charge in [-0.1, -0.05) is 6.07 Å². The Morgan fingerprint density at radius 1 is 1.23 bits per heavy atom. The molecule has 1 aliphatic heterocycles. The highest BCUT2D eigenvalue weighted by atomic mass is 16.2. The summed E-state index contributed by atoms with van der Waals surface area (Å²) in [5, 5.41) is 0. The lowest BCUT2D eigenvalue weighted by Gasteiger charge is -2.32. The number of carbonyl (C=O) groups is 1. The SMILES string of the molecule is Cc1nccc([C@@H]2CCCN(C(=O)Cc3c(C)nc4ccccn34)C2)n1. The number of amides is 1. The Morgan fingerprint density at radius 2 is 2.12 bits per heavy atom. The maximum absolute atomic E-state index is 13.0. The summed E-state index contributed by atoms with van der Waals surface area (Å²) in [6.45, 7) is 5.42. The molecule has 0 spiro atoms. The van der Waals surface area contributed by atoms with E-state index in [-0.39, 0.29) is 11.8 Å². The zero-order valence-corrected chi connectivity index (χ0v) is 15.2. The van der Waals surface area contributed by atoms with Crippen LogP contribution in [0.4, 0.5) is 0 Å². The molecule has 0 aromatic carbocycles. The molecule has 0 aliphatic carbocycles. The van der Waals surface area contributed by atoms with Gasteiger partial charge in [-0.3, -0.25) is 4.79 Å². The molecule has 4 rings (SSSR count). The van der Waals surface area contributed by atoms with E-state index in [1.54, 1.807) is 6.20 Å². The number of piperidine rings is 1. The number of fused-ring (bicyclic) bond motifs is 1. The summed E-state index contributed by atoms with van der Waals surface area (Å²) in [7, 11) is 0. The molecule has 1 amide bonds. The van der Waals surface area contributed by atoms with Crippen LogP contribution in [0.5, 0.6) is 0 Å². The van der Waals surface area contributed by atoms with Crippen LogP contribution in [0.2, 0.25) is 0 Å². The fraction of sp³-hybridized carbons (Fsp3) is 0.400. The van der Waals surface area contributed by atoms with Crippen LogP contribution in [0, 0.1) is 13.8 Å². The van der Waals surface area contributed by atoms with E-state index in [2.05, 4.69) is 15.0 Å². The summed E-state index contributed by atoms with van der Waals surface area (Å²) < 4.78 is 2.02. The van der Waals surface area contributed by atoms with Crippen molar-refractivity contribution in [1.29, 1.82) is 0 Å². The van der Waals surface area contributed by atoms with Crippen molar-refractivity contribution in [1.82, 2.24) is 24.3 Å². The molecule has 6 nitrogen and oxygen atoms in total. The number of hydrogen-bond donors (Lipinski definition) is 0. The van der Waals surface area contributed by atoms with Gasteiger partial charge in [-0.05, 0) is 44.9 Å². The van der Waals surface area contributed by atoms with Gasteiger partial charge in [0, 0.05) is 37.1 Å². The van der Waals surface area contributed by atoms with Gasteiger partial charge in [0.15, 0.2) is 0 Å². The standard InChI is InChI=1S/C20H23N5O/c1-14-18(25-11-4-3-7-19(25)22-14)12-20(26)24-10-5-6-16(13-24)17-8-9-21-15(2)23-17/h3-4,7-9,11,16H,5-6,10,12-13H2,1-2H3/t16-/m1/s1. The van der Waals surface area contributed by atoms with Crippen LogP contribution in [0.15, 0.2) is 36.7 Å². The maximum atomic E-state index is 13.0. The molecule has 1 fully saturated rings. The van der Waals surface area contributed by atoms with Crippen LogP contribution in [-0.4, -0.2) is 43.2 Å². The highest BCUT2D eigenvalue weighted by Crippen LogP contribution is 2.26. The first-order chi connectivity index (χ1) is 12.6. The van der Waals surface area contributed by atoms with Crippen LogP contribution >= 0.6 is 0 Å². The number of imidazole rings is 1. The van der Waals surface area contributed by atoms with Gasteiger partial charge in [0.1, 0.15) is 11.5 Å². The van der Waals surface area contributed by atoms with Crippen molar-refractivity contribution in [2.45, 2.75) is 39.0 Å². The normalized spacial score (nSPS) is 17.6. The number of likely N-dealkylation sites (tertiary alicyclic amines) is 1. The summed E-state index contributed by atoms with van der Waals surface area (Å²) in [6.07, 6.45) is 6.23. The number of hydrogen-bond acceptors (Lipinski definition) is 4. The first-order valence-electron chi connectivity index (χ1n) is 9.11. The van der Waals surface area contributed by atoms with Gasteiger partial charge in [-0.15, -0.1) is 0 Å². The highest BCUT2D eigenvalue weighted by Gasteiger charge is 2.26. The zero-order valence-electron chi connectivity index (χ0n) is 15.2. The Morgan fingerprint density at radius 3 is 2.96 bits per heavy atom. The van der Waals surface area contributed by atoms with Crippen LogP contribution in [0.1, 0.15) is 41.7 Å². The lowest BCUT2D eigenvalue weighted by molar-refractivity contribution is -0.131. The topological polar surface area (TPSA) is 63.4 Å². The van der Waals surface area contributed by atoms with Crippen molar-refractivity contribution in [3.05, 3.63) is 59.6 Å². The van der Waals surface area contributed by atoms with Gasteiger partial charge in [0.2, 0.25) is 5.91 Å². The second-order valence-corrected chi connectivity index (χ2v) is 6.96. The lowest BCUT2D eigenvalue weighted by Crippen LogP contribution is -2.40. The first kappa shape index (κ1) is 16.7. The number of carbonyl (C=O) groups excluding carboxylic acids is 1. The first-order valence-corrected chi connectivity index (χ1v) is 9.11. The number of aromatic nitrogens is 4. The second kappa shape index (κ2) is 6.86. The van der Waals surface area contributed by atoms with Crippen molar-refractivity contribution < 1.29 is 4.79 Å². The van der Waals surface area contributed by atoms with Crippen molar-refractivity contribution in [3.8, 4) is 0 Å². The molecule has 0 N–H and O–H groups in total. The molecule has 26 heavy (non-hydrogen) atoms. The molecular weight excluding hydrogens is 326 g/mol. The largest absolute Gasteiger partial charge is 0.342 e. The molecule has 6 heteroatoms. The quantitative estimate of drug-likeness (QED) is 0.729. The fourth-order valence-corrected chi connectivity index (χ4v) is 3.78. The molecule has 3 aromatic heterocycles. The molecule has 1 saturated heterocycles. The third-order valence-corrected chi connectivity index (χ3v) is 5.14. The van der Waals surface area contributed by atoms with E-state index in [0.717, 1.165) is 54.5 Å². The number of rotatable bonds is 3. The minimum absolute atomic E-state index is 0.161. The molecule has 0 unspecified atom stereocenters. The van der Waals surface area contributed by atoms with Crippen molar-refractivity contribution in [2.24, 2.45) is 0 Å². The van der Waals surface area contributed by atoms with Crippen molar-refractivity contribution >= 4 is 11.6 Å². The van der Waals surface area contributed by atoms with Crippen LogP contribution in [0.25, 0.3) is 5.65 Å². The minimum atomic E-state index is 0.161. The molecule has 1 atom stereocenters. The van der Waals surface area contributed by atoms with Gasteiger partial charge in [-0.2, -0.15) is 0 Å². The average Bonchev–Trinajstić information content (AvgIpc) is 2.97. The molecule has 0 saturated carbocycles. The van der Waals surface area contributed by atoms with Gasteiger partial charge < -0.3 is 9.30 Å². The Kier molecular flexibility index (Phi) is 4.41. The van der Waals surface area contributed by atoms with Gasteiger partial charge in [0.25, 0.3) is 0 Å². The fourth-order valence-electron chi connectivity index (χ4n) is 3.78. The zero-order chi connectivity index (χ0) is 18.1. The number of nitrogens with zero attached hydrogens (tertiary/aromatic N) is 5. The molecule has 3 aromatic rings. The molecule has 134 valence electrons. The second-order valence-electron chi connectivity index (χ2n) is 6.96. The van der Waals surface area contributed by atoms with Crippen LogP contribution in [-0.2, 0) is 11.2 Å². The van der Waals surface area contributed by atoms with E-state index in [9.17, 15) is 4.79 Å². The lowest BCUT2D eigenvalue weighted by atomic mass is 9.94. The average molecular weight is 349 g/mol. The third kappa shape index (κ3) is 3.19. The Labute approximate surface area is 152 Å². The molecule has 0 bridgehead atoms. The molecule has 1 aliphatic rings. The van der Waals surface area contributed by atoms with E-state index in [1.165, 1.54) is 0 Å². The summed E-state index contributed by atoms with van der Waals surface area (Å²) in [5.74, 6) is 1.24. The molecule has 0 radical (unpaired) electrons. The summed E-state index contributed by atoms with van der Waals surface area (Å²) in [6, 6.07) is 7.87. The number of aryl methyl sites for hydroxylation is 2. The van der Waals surface area contributed by atoms with Crippen LogP contribution < -0.4 is 0 Å². The smallest absolute Gasteiger partial charge is 0.228 e. The van der Waals surface area contributed by atoms with Gasteiger partial charge in [0.05, 0.1) is 17.8 Å². The monoisotopic (exact) mass is 349 g/mol. The van der Waals surface area contributed by atoms with Gasteiger partial charge in [-0.25, -0.2) is 15.0 Å². The highest BCUT2D eigenvalue weighted by molar-refractivity contribution is 5.79. The maximum Gasteiger partial charge on any atom is 0.228 e. The summed E-state index contributed by atoms with van der Waals surface area (Å²) in [5.41, 5.74) is 3.83. The summed E-state index contributed by atoms with van der Waals surface area (Å²) in [4.78, 5) is 28.2. The van der Waals surface area contributed by atoms with E-state index in [4.69, 9.17) is 0 Å². The van der Waals surface area contributed by atoms with Crippen molar-refractivity contribution in [3.63, 3.8) is 0 Å². The Hall–Kier alpha value is -2.76. The van der Waals surface area contributed by atoms with E-state index in [0.29, 0.717) is 6.42 Å². The van der Waals surface area contributed by atoms with E-state index in [1.807, 2.05) is 53.6 Å². The predicted molar refractivity (Wildman–Crippen MR) is 99.0 cm³/mol. The molecular formula is C20H23N5O. The Balaban J connectivity index is 1.51. The number of pyridine rings is 1. The molecule has 4 heterocycles. The van der Waals surface area contributed by atoms with E-state index >= 15 is 0 Å². The predicted octanol–water partition coefficient (Wildman–Crippen LogP) is 2.69. The van der Waals surface area contributed by atoms with Crippen LogP contribution in [0.3, 0.4) is 0 Å². The minimum Gasteiger partial charge on any atom is -0.342 e. The van der Waals surface area contributed by atoms with Gasteiger partial charge >= 0.3 is 0 Å². The summed E-state index contributed by atoms with van der Waals surface area (Å²) >= 11 is 0.